The first-order valence-electron chi connectivity index (χ1n) is 10.1. The fourth-order valence-electron chi connectivity index (χ4n) is 3.42. The van der Waals surface area contributed by atoms with Gasteiger partial charge in [-0.3, -0.25) is 4.79 Å². The number of ether oxygens (including phenoxy) is 2. The maximum Gasteiger partial charge on any atom is 0.236 e. The van der Waals surface area contributed by atoms with E-state index in [1.165, 1.54) is 11.8 Å². The maximum absolute atomic E-state index is 13.1. The molecule has 9 heteroatoms. The van der Waals surface area contributed by atoms with E-state index in [1.807, 2.05) is 59.3 Å². The van der Waals surface area contributed by atoms with Crippen LogP contribution in [-0.4, -0.2) is 53.4 Å². The molecule has 0 radical (unpaired) electrons. The second kappa shape index (κ2) is 9.84. The van der Waals surface area contributed by atoms with Crippen LogP contribution >= 0.6 is 11.8 Å². The first kappa shape index (κ1) is 21.2. The predicted octanol–water partition coefficient (Wildman–Crippen LogP) is 2.87. The summed E-state index contributed by atoms with van der Waals surface area (Å²) < 4.78 is 12.2. The van der Waals surface area contributed by atoms with Gasteiger partial charge in [0.2, 0.25) is 11.1 Å². The highest BCUT2D eigenvalue weighted by atomic mass is 32.2. The third-order valence-electron chi connectivity index (χ3n) is 5.03. The fourth-order valence-corrected chi connectivity index (χ4v) is 4.52. The quantitative estimate of drug-likeness (QED) is 0.522. The topological polar surface area (TPSA) is 90.3 Å². The molecule has 0 fully saturated rings. The largest absolute Gasteiger partial charge is 0.497 e. The van der Waals surface area contributed by atoms with Crippen LogP contribution in [0, 0.1) is 0 Å². The van der Waals surface area contributed by atoms with Gasteiger partial charge >= 0.3 is 0 Å². The van der Waals surface area contributed by atoms with Gasteiger partial charge in [0.25, 0.3) is 0 Å². The Morgan fingerprint density at radius 2 is 1.90 bits per heavy atom. The lowest BCUT2D eigenvalue weighted by Crippen LogP contribution is -2.44. The second-order valence-electron chi connectivity index (χ2n) is 7.06. The number of benzene rings is 2. The molecule has 2 atom stereocenters. The Kier molecular flexibility index (Phi) is 6.73. The fraction of sp³-hybridized carbons (Fsp3) is 0.318. The van der Waals surface area contributed by atoms with Crippen molar-refractivity contribution in [1.29, 1.82) is 0 Å². The summed E-state index contributed by atoms with van der Waals surface area (Å²) in [6.07, 6.45) is 0.759. The number of carbonyl (C=O) groups excluding carboxylic acids is 1. The van der Waals surface area contributed by atoms with E-state index >= 15 is 0 Å². The van der Waals surface area contributed by atoms with Gasteiger partial charge in [-0.15, -0.1) is 10.2 Å². The molecule has 1 aliphatic heterocycles. The van der Waals surface area contributed by atoms with Gasteiger partial charge in [-0.05, 0) is 24.1 Å². The van der Waals surface area contributed by atoms with Crippen molar-refractivity contribution in [2.45, 2.75) is 22.9 Å². The van der Waals surface area contributed by atoms with Gasteiger partial charge in [0.05, 0.1) is 13.2 Å². The van der Waals surface area contributed by atoms with E-state index in [2.05, 4.69) is 20.9 Å². The number of aromatic nitrogens is 3. The molecule has 31 heavy (non-hydrogen) atoms. The summed E-state index contributed by atoms with van der Waals surface area (Å²) in [6, 6.07) is 17.3. The number of hydrogen-bond donors (Lipinski definition) is 2. The van der Waals surface area contributed by atoms with E-state index in [4.69, 9.17) is 9.47 Å². The molecule has 1 amide bonds. The minimum Gasteiger partial charge on any atom is -0.497 e. The van der Waals surface area contributed by atoms with Crippen LogP contribution in [0.25, 0.3) is 11.4 Å². The first-order chi connectivity index (χ1) is 15.2. The highest BCUT2D eigenvalue weighted by Crippen LogP contribution is 2.38. The molecule has 0 bridgehead atoms. The van der Waals surface area contributed by atoms with E-state index in [0.29, 0.717) is 24.1 Å². The molecule has 1 aromatic heterocycles. The van der Waals surface area contributed by atoms with Crippen LogP contribution in [0.5, 0.6) is 5.75 Å². The van der Waals surface area contributed by atoms with Gasteiger partial charge in [-0.25, -0.2) is 4.68 Å². The average molecular weight is 440 g/mol. The molecule has 1 aliphatic rings. The first-order valence-corrected chi connectivity index (χ1v) is 10.9. The molecule has 0 aliphatic carbocycles. The number of nitrogens with zero attached hydrogens (tertiary/aromatic N) is 3. The van der Waals surface area contributed by atoms with Gasteiger partial charge in [-0.1, -0.05) is 54.2 Å². The molecule has 2 aromatic carbocycles. The van der Waals surface area contributed by atoms with E-state index in [-0.39, 0.29) is 11.9 Å². The average Bonchev–Trinajstić information content (AvgIpc) is 3.24. The number of nitrogens with one attached hydrogen (secondary N) is 2. The predicted molar refractivity (Wildman–Crippen MR) is 120 cm³/mol. The molecule has 0 spiro atoms. The highest BCUT2D eigenvalue weighted by molar-refractivity contribution is 8.00. The number of fused-ring (bicyclic) bond motifs is 1. The van der Waals surface area contributed by atoms with E-state index in [0.717, 1.165) is 23.3 Å². The number of thioether (sulfide) groups is 1. The SMILES string of the molecule is COCCCNC(=O)[C@H]1Sc2nnc(-c3ccccc3)n2N[C@@H]1c1ccc(OC)cc1. The molecule has 2 heterocycles. The van der Waals surface area contributed by atoms with Crippen molar-refractivity contribution in [3.05, 3.63) is 60.2 Å². The van der Waals surface area contributed by atoms with Crippen molar-refractivity contribution in [1.82, 2.24) is 20.2 Å². The lowest BCUT2D eigenvalue weighted by atomic mass is 10.0. The molecule has 0 unspecified atom stereocenters. The normalized spacial score (nSPS) is 17.5. The Morgan fingerprint density at radius 1 is 1.13 bits per heavy atom. The van der Waals surface area contributed by atoms with Gasteiger partial charge in [0.1, 0.15) is 11.0 Å². The molecule has 162 valence electrons. The summed E-state index contributed by atoms with van der Waals surface area (Å²) in [7, 11) is 3.29. The van der Waals surface area contributed by atoms with E-state index < -0.39 is 5.25 Å². The minimum absolute atomic E-state index is 0.0510. The zero-order chi connectivity index (χ0) is 21.6. The number of rotatable bonds is 8. The Morgan fingerprint density at radius 3 is 2.61 bits per heavy atom. The summed E-state index contributed by atoms with van der Waals surface area (Å²) in [5.41, 5.74) is 5.40. The lowest BCUT2D eigenvalue weighted by molar-refractivity contribution is -0.121. The van der Waals surface area contributed by atoms with Crippen LogP contribution in [-0.2, 0) is 9.53 Å². The summed E-state index contributed by atoms with van der Waals surface area (Å²) >= 11 is 1.41. The number of hydrogen-bond acceptors (Lipinski definition) is 7. The van der Waals surface area contributed by atoms with Crippen molar-refractivity contribution in [2.75, 3.05) is 32.8 Å². The van der Waals surface area contributed by atoms with Crippen molar-refractivity contribution < 1.29 is 14.3 Å². The Hall–Kier alpha value is -3.04. The van der Waals surface area contributed by atoms with Crippen LogP contribution in [0.3, 0.4) is 0 Å². The molecule has 0 saturated carbocycles. The number of methoxy groups -OCH3 is 2. The van der Waals surface area contributed by atoms with Crippen molar-refractivity contribution in [3.8, 4) is 17.1 Å². The summed E-state index contributed by atoms with van der Waals surface area (Å²) in [5, 5.41) is 12.0. The molecule has 8 nitrogen and oxygen atoms in total. The Balaban J connectivity index is 1.64. The monoisotopic (exact) mass is 439 g/mol. The molecule has 4 rings (SSSR count). The Bertz CT molecular complexity index is 1010. The summed E-state index contributed by atoms with van der Waals surface area (Å²) in [4.78, 5) is 13.1. The molecular weight excluding hydrogens is 414 g/mol. The van der Waals surface area contributed by atoms with Gasteiger partial charge in [0.15, 0.2) is 5.82 Å². The van der Waals surface area contributed by atoms with Gasteiger partial charge in [-0.2, -0.15) is 0 Å². The molecule has 0 saturated heterocycles. The Labute approximate surface area is 185 Å². The molecule has 3 aromatic rings. The van der Waals surface area contributed by atoms with Crippen LogP contribution in [0.1, 0.15) is 18.0 Å². The van der Waals surface area contributed by atoms with Gasteiger partial charge in [0, 0.05) is 25.8 Å². The summed E-state index contributed by atoms with van der Waals surface area (Å²) in [5.74, 6) is 1.42. The third kappa shape index (κ3) is 4.67. The van der Waals surface area contributed by atoms with Crippen molar-refractivity contribution >= 4 is 17.7 Å². The zero-order valence-corrected chi connectivity index (χ0v) is 18.3. The second-order valence-corrected chi connectivity index (χ2v) is 8.17. The van der Waals surface area contributed by atoms with Crippen LogP contribution in [0.2, 0.25) is 0 Å². The van der Waals surface area contributed by atoms with Crippen LogP contribution in [0.4, 0.5) is 0 Å². The van der Waals surface area contributed by atoms with Gasteiger partial charge < -0.3 is 20.2 Å². The van der Waals surface area contributed by atoms with Crippen molar-refractivity contribution in [3.63, 3.8) is 0 Å². The smallest absolute Gasteiger partial charge is 0.236 e. The zero-order valence-electron chi connectivity index (χ0n) is 17.4. The standard InChI is InChI=1S/C22H25N5O3S/c1-29-14-6-13-23-21(28)19-18(15-9-11-17(30-2)12-10-15)26-27-20(24-25-22(27)31-19)16-7-4-3-5-8-16/h3-5,7-12,18-19,26H,6,13-14H2,1-2H3,(H,23,28)/t18-,19+/m1/s1. The maximum atomic E-state index is 13.1. The minimum atomic E-state index is -0.406. The van der Waals surface area contributed by atoms with Crippen molar-refractivity contribution in [2.24, 2.45) is 0 Å². The molecular formula is C22H25N5O3S. The van der Waals surface area contributed by atoms with E-state index in [9.17, 15) is 4.79 Å². The van der Waals surface area contributed by atoms with E-state index in [1.54, 1.807) is 14.2 Å². The summed E-state index contributed by atoms with van der Waals surface area (Å²) in [6.45, 7) is 1.16. The van der Waals surface area contributed by atoms with Crippen LogP contribution in [0.15, 0.2) is 59.8 Å². The number of carbonyl (C=O) groups is 1. The molecule has 2 N–H and O–H groups in total. The highest BCUT2D eigenvalue weighted by Gasteiger charge is 2.37. The number of amides is 1. The third-order valence-corrected chi connectivity index (χ3v) is 6.24. The lowest BCUT2D eigenvalue weighted by Gasteiger charge is -2.33. The van der Waals surface area contributed by atoms with Crippen LogP contribution < -0.4 is 15.5 Å².